The highest BCUT2D eigenvalue weighted by atomic mass is 19.1. The predicted octanol–water partition coefficient (Wildman–Crippen LogP) is 6.37. The number of rotatable bonds is 8. The van der Waals surface area contributed by atoms with Crippen LogP contribution in [0.5, 0.6) is 5.75 Å². The number of aldehydes is 2. The van der Waals surface area contributed by atoms with E-state index in [9.17, 15) is 14.0 Å². The molecule has 2 aromatic rings. The zero-order valence-corrected chi connectivity index (χ0v) is 18.4. The average Bonchev–Trinajstić information content (AvgIpc) is 3.15. The van der Waals surface area contributed by atoms with Gasteiger partial charge >= 0.3 is 0 Å². The Balaban J connectivity index is 1.76. The van der Waals surface area contributed by atoms with Gasteiger partial charge in [-0.3, -0.25) is 0 Å². The first-order valence-electron chi connectivity index (χ1n) is 11.4. The zero-order valence-electron chi connectivity index (χ0n) is 18.4. The van der Waals surface area contributed by atoms with Gasteiger partial charge in [0.1, 0.15) is 24.1 Å². The second-order valence-corrected chi connectivity index (χ2v) is 9.70. The first kappa shape index (κ1) is 21.7. The summed E-state index contributed by atoms with van der Waals surface area (Å²) in [5.41, 5.74) is 2.74. The number of hydrogen-bond donors (Lipinski definition) is 0. The van der Waals surface area contributed by atoms with Crippen LogP contribution in [0.1, 0.15) is 75.8 Å². The highest BCUT2D eigenvalue weighted by molar-refractivity contribution is 5.77. The van der Waals surface area contributed by atoms with E-state index in [-0.39, 0.29) is 17.8 Å². The van der Waals surface area contributed by atoms with Crippen molar-refractivity contribution in [2.75, 3.05) is 0 Å². The highest BCUT2D eigenvalue weighted by Crippen LogP contribution is 2.46. The van der Waals surface area contributed by atoms with Crippen LogP contribution in [-0.4, -0.2) is 18.7 Å². The van der Waals surface area contributed by atoms with Gasteiger partial charge in [-0.05, 0) is 92.7 Å². The van der Waals surface area contributed by atoms with Crippen LogP contribution in [0.4, 0.5) is 4.39 Å². The maximum Gasteiger partial charge on any atom is 0.129 e. The van der Waals surface area contributed by atoms with Gasteiger partial charge in [0.2, 0.25) is 0 Å². The second-order valence-electron chi connectivity index (χ2n) is 9.70. The number of hydrogen-bond acceptors (Lipinski definition) is 3. The van der Waals surface area contributed by atoms with Crippen molar-refractivity contribution in [3.05, 3.63) is 53.3 Å². The third-order valence-corrected chi connectivity index (χ3v) is 7.09. The lowest BCUT2D eigenvalue weighted by molar-refractivity contribution is -0.111. The smallest absolute Gasteiger partial charge is 0.129 e. The van der Waals surface area contributed by atoms with E-state index in [0.717, 1.165) is 79.1 Å². The number of carbonyl (C=O) groups is 2. The van der Waals surface area contributed by atoms with E-state index in [1.807, 2.05) is 38.1 Å². The minimum absolute atomic E-state index is 0.0503. The molecule has 0 amide bonds. The van der Waals surface area contributed by atoms with Gasteiger partial charge in [0.05, 0.1) is 6.10 Å². The van der Waals surface area contributed by atoms with E-state index in [1.54, 1.807) is 6.07 Å². The lowest BCUT2D eigenvalue weighted by Crippen LogP contribution is -2.19. The van der Waals surface area contributed by atoms with E-state index in [1.165, 1.54) is 6.07 Å². The van der Waals surface area contributed by atoms with Crippen LogP contribution < -0.4 is 4.74 Å². The summed E-state index contributed by atoms with van der Waals surface area (Å²) in [7, 11) is 0. The highest BCUT2D eigenvalue weighted by Gasteiger charge is 2.30. The molecule has 0 bridgehead atoms. The van der Waals surface area contributed by atoms with Crippen LogP contribution in [0.15, 0.2) is 36.4 Å². The largest absolute Gasteiger partial charge is 0.490 e. The third kappa shape index (κ3) is 4.44. The third-order valence-electron chi connectivity index (χ3n) is 7.09. The van der Waals surface area contributed by atoms with Gasteiger partial charge in [0, 0.05) is 17.4 Å². The maximum atomic E-state index is 15.0. The Morgan fingerprint density at radius 2 is 1.87 bits per heavy atom. The van der Waals surface area contributed by atoms with Gasteiger partial charge in [-0.25, -0.2) is 4.39 Å². The van der Waals surface area contributed by atoms with Crippen LogP contribution in [0.25, 0.3) is 11.1 Å². The Labute approximate surface area is 184 Å². The molecule has 2 aromatic carbocycles. The first-order valence-corrected chi connectivity index (χ1v) is 11.4. The quantitative estimate of drug-likeness (QED) is 0.464. The fourth-order valence-corrected chi connectivity index (χ4v) is 4.86. The first-order chi connectivity index (χ1) is 14.9. The van der Waals surface area contributed by atoms with Crippen LogP contribution in [-0.2, 0) is 15.0 Å². The number of benzene rings is 2. The van der Waals surface area contributed by atoms with Crippen LogP contribution in [0, 0.1) is 11.7 Å². The summed E-state index contributed by atoms with van der Waals surface area (Å²) in [4.78, 5) is 22.6. The van der Waals surface area contributed by atoms with E-state index in [2.05, 4.69) is 0 Å². The van der Waals surface area contributed by atoms with Crippen LogP contribution in [0.3, 0.4) is 0 Å². The summed E-state index contributed by atoms with van der Waals surface area (Å²) in [5.74, 6) is 1.17. The molecule has 3 nitrogen and oxygen atoms in total. The molecular weight excluding hydrogens is 391 g/mol. The lowest BCUT2D eigenvalue weighted by Gasteiger charge is -2.29. The fraction of sp³-hybridized carbons (Fsp3) is 0.481. The van der Waals surface area contributed by atoms with Crippen molar-refractivity contribution in [3.8, 4) is 16.9 Å². The van der Waals surface area contributed by atoms with E-state index < -0.39 is 5.41 Å². The van der Waals surface area contributed by atoms with Crippen molar-refractivity contribution >= 4 is 12.6 Å². The predicted molar refractivity (Wildman–Crippen MR) is 120 cm³/mol. The molecule has 2 fully saturated rings. The van der Waals surface area contributed by atoms with Crippen molar-refractivity contribution in [1.82, 2.24) is 0 Å². The molecule has 0 aliphatic heterocycles. The zero-order chi connectivity index (χ0) is 22.0. The molecular formula is C27H31FO3. The van der Waals surface area contributed by atoms with Crippen LogP contribution in [0.2, 0.25) is 0 Å². The molecule has 0 spiro atoms. The molecule has 4 rings (SSSR count). The summed E-state index contributed by atoms with van der Waals surface area (Å²) >= 11 is 0. The van der Waals surface area contributed by atoms with Crippen molar-refractivity contribution < 1.29 is 18.7 Å². The summed E-state index contributed by atoms with van der Waals surface area (Å²) in [6, 6.07) is 11.1. The van der Waals surface area contributed by atoms with Crippen molar-refractivity contribution in [3.63, 3.8) is 0 Å². The average molecular weight is 423 g/mol. The summed E-state index contributed by atoms with van der Waals surface area (Å²) in [5, 5.41) is 0. The Bertz CT molecular complexity index is 961. The van der Waals surface area contributed by atoms with Gasteiger partial charge in [0.15, 0.2) is 0 Å². The Kier molecular flexibility index (Phi) is 6.27. The van der Waals surface area contributed by atoms with E-state index in [0.29, 0.717) is 12.3 Å². The standard InChI is InChI=1S/C27H31FO3/c1-27(2,17-30)20-10-12-25(31-21-11-9-18(15-21)13-14-29)23(16-20)22-7-4-8-24(28)26(22)19-5-3-6-19/h4,7-8,10,12,14,16-19,21H,3,5-6,9,11,13,15H2,1-2H3/t18-,21+/m0/s1. The van der Waals surface area contributed by atoms with Crippen molar-refractivity contribution in [2.24, 2.45) is 5.92 Å². The minimum Gasteiger partial charge on any atom is -0.490 e. The lowest BCUT2D eigenvalue weighted by atomic mass is 9.76. The summed E-state index contributed by atoms with van der Waals surface area (Å²) in [6.45, 7) is 3.78. The van der Waals surface area contributed by atoms with Crippen molar-refractivity contribution in [2.45, 2.75) is 76.2 Å². The summed E-state index contributed by atoms with van der Waals surface area (Å²) in [6.07, 6.45) is 8.46. The van der Waals surface area contributed by atoms with Crippen molar-refractivity contribution in [1.29, 1.82) is 0 Å². The normalized spacial score (nSPS) is 21.5. The molecule has 0 N–H and O–H groups in total. The monoisotopic (exact) mass is 422 g/mol. The molecule has 0 radical (unpaired) electrons. The summed E-state index contributed by atoms with van der Waals surface area (Å²) < 4.78 is 21.4. The Hall–Kier alpha value is -2.49. The SMILES string of the molecule is CC(C)(C=O)c1ccc(O[C@@H]2CC[C@@H](CC=O)C2)c(-c2cccc(F)c2C2CCC2)c1. The van der Waals surface area contributed by atoms with E-state index in [4.69, 9.17) is 4.74 Å². The molecule has 4 heteroatoms. The molecule has 31 heavy (non-hydrogen) atoms. The maximum absolute atomic E-state index is 15.0. The van der Waals surface area contributed by atoms with Crippen LogP contribution >= 0.6 is 0 Å². The number of ether oxygens (including phenoxy) is 1. The fourth-order valence-electron chi connectivity index (χ4n) is 4.86. The van der Waals surface area contributed by atoms with Gasteiger partial charge in [-0.2, -0.15) is 0 Å². The number of carbonyl (C=O) groups excluding carboxylic acids is 2. The van der Waals surface area contributed by atoms with Gasteiger partial charge in [0.25, 0.3) is 0 Å². The molecule has 0 aromatic heterocycles. The number of halogens is 1. The molecule has 164 valence electrons. The Morgan fingerprint density at radius 3 is 2.55 bits per heavy atom. The second kappa shape index (κ2) is 8.94. The van der Waals surface area contributed by atoms with Gasteiger partial charge in [-0.1, -0.05) is 24.6 Å². The molecule has 2 aliphatic carbocycles. The molecule has 0 saturated heterocycles. The van der Waals surface area contributed by atoms with Gasteiger partial charge < -0.3 is 14.3 Å². The molecule has 2 aliphatic rings. The molecule has 0 heterocycles. The minimum atomic E-state index is -0.639. The molecule has 0 unspecified atom stereocenters. The van der Waals surface area contributed by atoms with Gasteiger partial charge in [-0.15, -0.1) is 0 Å². The Morgan fingerprint density at radius 1 is 1.06 bits per heavy atom. The molecule has 2 saturated carbocycles. The topological polar surface area (TPSA) is 43.4 Å². The molecule has 2 atom stereocenters. The van der Waals surface area contributed by atoms with E-state index >= 15 is 0 Å².